The zero-order valence-electron chi connectivity index (χ0n) is 12.4. The Labute approximate surface area is 124 Å². The van der Waals surface area contributed by atoms with Crippen molar-refractivity contribution in [3.8, 4) is 0 Å². The van der Waals surface area contributed by atoms with Crippen molar-refractivity contribution < 1.29 is 0 Å². The SMILES string of the molecule is CCNC(c1c(Br)cnn1CCN(C)C)C1CC1C. The van der Waals surface area contributed by atoms with Gasteiger partial charge in [0.1, 0.15) is 0 Å². The van der Waals surface area contributed by atoms with Gasteiger partial charge in [0, 0.05) is 6.54 Å². The van der Waals surface area contributed by atoms with Gasteiger partial charge in [-0.05, 0) is 54.8 Å². The van der Waals surface area contributed by atoms with E-state index in [9.17, 15) is 0 Å². The second-order valence-corrected chi connectivity index (χ2v) is 6.67. The Bertz CT molecular complexity index is 416. The van der Waals surface area contributed by atoms with E-state index in [1.165, 1.54) is 12.1 Å². The lowest BCUT2D eigenvalue weighted by Crippen LogP contribution is -2.28. The van der Waals surface area contributed by atoms with Crippen LogP contribution in [0, 0.1) is 11.8 Å². The third-order valence-electron chi connectivity index (χ3n) is 3.91. The van der Waals surface area contributed by atoms with Gasteiger partial charge in [0.05, 0.1) is 29.0 Å². The van der Waals surface area contributed by atoms with E-state index in [2.05, 4.69) is 63.9 Å². The number of hydrogen-bond donors (Lipinski definition) is 1. The van der Waals surface area contributed by atoms with Crippen LogP contribution in [0.2, 0.25) is 0 Å². The molecule has 3 atom stereocenters. The standard InChI is InChI=1S/C14H25BrN4/c1-5-16-13(11-8-10(11)2)14-12(15)9-17-19(14)7-6-18(3)4/h9-11,13,16H,5-8H2,1-4H3. The molecule has 1 aliphatic rings. The van der Waals surface area contributed by atoms with Crippen LogP contribution in [-0.4, -0.2) is 41.9 Å². The van der Waals surface area contributed by atoms with Crippen LogP contribution in [0.15, 0.2) is 10.7 Å². The molecular weight excluding hydrogens is 304 g/mol. The topological polar surface area (TPSA) is 33.1 Å². The molecule has 0 radical (unpaired) electrons. The lowest BCUT2D eigenvalue weighted by molar-refractivity contribution is 0.356. The second kappa shape index (κ2) is 6.37. The summed E-state index contributed by atoms with van der Waals surface area (Å²) in [6.45, 7) is 7.47. The van der Waals surface area contributed by atoms with Crippen LogP contribution in [0.25, 0.3) is 0 Å². The molecule has 5 heteroatoms. The predicted molar refractivity (Wildman–Crippen MR) is 82.2 cm³/mol. The molecular formula is C14H25BrN4. The summed E-state index contributed by atoms with van der Waals surface area (Å²) in [7, 11) is 4.20. The number of nitrogens with zero attached hydrogens (tertiary/aromatic N) is 3. The fourth-order valence-corrected chi connectivity index (χ4v) is 3.18. The molecule has 2 rings (SSSR count). The first-order valence-corrected chi connectivity index (χ1v) is 7.93. The molecule has 0 spiro atoms. The number of nitrogens with one attached hydrogen (secondary N) is 1. The number of aromatic nitrogens is 2. The molecule has 108 valence electrons. The van der Waals surface area contributed by atoms with Crippen molar-refractivity contribution in [2.75, 3.05) is 27.2 Å². The third kappa shape index (κ3) is 3.58. The minimum atomic E-state index is 0.430. The molecule has 1 saturated carbocycles. The van der Waals surface area contributed by atoms with E-state index < -0.39 is 0 Å². The molecule has 19 heavy (non-hydrogen) atoms. The molecule has 1 aromatic rings. The summed E-state index contributed by atoms with van der Waals surface area (Å²) in [5.41, 5.74) is 1.32. The van der Waals surface area contributed by atoms with E-state index in [-0.39, 0.29) is 0 Å². The quantitative estimate of drug-likeness (QED) is 0.834. The maximum absolute atomic E-state index is 4.53. The Morgan fingerprint density at radius 2 is 2.26 bits per heavy atom. The van der Waals surface area contributed by atoms with Gasteiger partial charge in [-0.3, -0.25) is 4.68 Å². The number of rotatable bonds is 7. The van der Waals surface area contributed by atoms with Crippen molar-refractivity contribution in [1.82, 2.24) is 20.0 Å². The molecule has 1 N–H and O–H groups in total. The maximum Gasteiger partial charge on any atom is 0.0699 e. The van der Waals surface area contributed by atoms with Gasteiger partial charge in [0.15, 0.2) is 0 Å². The summed E-state index contributed by atoms with van der Waals surface area (Å²) >= 11 is 3.67. The van der Waals surface area contributed by atoms with Crippen molar-refractivity contribution in [3.63, 3.8) is 0 Å². The molecule has 0 bridgehead atoms. The number of halogens is 1. The van der Waals surface area contributed by atoms with Crippen LogP contribution >= 0.6 is 15.9 Å². The Morgan fingerprint density at radius 3 is 2.79 bits per heavy atom. The highest BCUT2D eigenvalue weighted by Crippen LogP contribution is 2.48. The fraction of sp³-hybridized carbons (Fsp3) is 0.786. The number of hydrogen-bond acceptors (Lipinski definition) is 3. The van der Waals surface area contributed by atoms with Crippen LogP contribution in [-0.2, 0) is 6.54 Å². The van der Waals surface area contributed by atoms with Gasteiger partial charge in [-0.1, -0.05) is 13.8 Å². The van der Waals surface area contributed by atoms with E-state index in [1.807, 2.05) is 6.20 Å². The molecule has 1 heterocycles. The Morgan fingerprint density at radius 1 is 1.58 bits per heavy atom. The van der Waals surface area contributed by atoms with Crippen molar-refractivity contribution in [3.05, 3.63) is 16.4 Å². The molecule has 4 nitrogen and oxygen atoms in total. The van der Waals surface area contributed by atoms with E-state index in [0.29, 0.717) is 6.04 Å². The lowest BCUT2D eigenvalue weighted by atomic mass is 10.1. The average Bonchev–Trinajstić information content (AvgIpc) is 2.95. The second-order valence-electron chi connectivity index (χ2n) is 5.82. The van der Waals surface area contributed by atoms with Crippen molar-refractivity contribution in [2.45, 2.75) is 32.9 Å². The van der Waals surface area contributed by atoms with Gasteiger partial charge >= 0.3 is 0 Å². The summed E-state index contributed by atoms with van der Waals surface area (Å²) in [5.74, 6) is 1.58. The van der Waals surface area contributed by atoms with Crippen LogP contribution in [0.1, 0.15) is 32.0 Å². The van der Waals surface area contributed by atoms with E-state index in [4.69, 9.17) is 0 Å². The molecule has 1 fully saturated rings. The van der Waals surface area contributed by atoms with E-state index in [0.717, 1.165) is 35.9 Å². The van der Waals surface area contributed by atoms with Gasteiger partial charge < -0.3 is 10.2 Å². The average molecular weight is 329 g/mol. The van der Waals surface area contributed by atoms with Crippen LogP contribution in [0.3, 0.4) is 0 Å². The smallest absolute Gasteiger partial charge is 0.0699 e. The first-order chi connectivity index (χ1) is 9.04. The zero-order chi connectivity index (χ0) is 14.0. The Kier molecular flexibility index (Phi) is 5.03. The van der Waals surface area contributed by atoms with Gasteiger partial charge in [0.25, 0.3) is 0 Å². The van der Waals surface area contributed by atoms with Crippen LogP contribution in [0.5, 0.6) is 0 Å². The van der Waals surface area contributed by atoms with E-state index in [1.54, 1.807) is 0 Å². The summed E-state index contributed by atoms with van der Waals surface area (Å²) in [6.07, 6.45) is 3.26. The summed E-state index contributed by atoms with van der Waals surface area (Å²) in [6, 6.07) is 0.430. The van der Waals surface area contributed by atoms with Gasteiger partial charge in [-0.25, -0.2) is 0 Å². The van der Waals surface area contributed by atoms with Gasteiger partial charge in [-0.2, -0.15) is 5.10 Å². The largest absolute Gasteiger partial charge is 0.309 e. The molecule has 0 aliphatic heterocycles. The highest BCUT2D eigenvalue weighted by Gasteiger charge is 2.41. The van der Waals surface area contributed by atoms with Crippen molar-refractivity contribution in [2.24, 2.45) is 11.8 Å². The van der Waals surface area contributed by atoms with Crippen molar-refractivity contribution >= 4 is 15.9 Å². The molecule has 0 aromatic carbocycles. The van der Waals surface area contributed by atoms with Gasteiger partial charge in [0.2, 0.25) is 0 Å². The minimum absolute atomic E-state index is 0.430. The summed E-state index contributed by atoms with van der Waals surface area (Å²) < 4.78 is 3.29. The molecule has 3 unspecified atom stereocenters. The third-order valence-corrected chi connectivity index (χ3v) is 4.52. The monoisotopic (exact) mass is 328 g/mol. The van der Waals surface area contributed by atoms with Crippen molar-refractivity contribution in [1.29, 1.82) is 0 Å². The normalized spacial score (nSPS) is 23.9. The highest BCUT2D eigenvalue weighted by atomic mass is 79.9. The molecule has 1 aliphatic carbocycles. The predicted octanol–water partition coefficient (Wildman–Crippen LogP) is 2.51. The fourth-order valence-electron chi connectivity index (χ4n) is 2.64. The van der Waals surface area contributed by atoms with Crippen LogP contribution < -0.4 is 5.32 Å². The van der Waals surface area contributed by atoms with E-state index >= 15 is 0 Å². The van der Waals surface area contributed by atoms with Gasteiger partial charge in [-0.15, -0.1) is 0 Å². The summed E-state index contributed by atoms with van der Waals surface area (Å²) in [5, 5.41) is 8.17. The molecule has 0 saturated heterocycles. The van der Waals surface area contributed by atoms with Crippen LogP contribution in [0.4, 0.5) is 0 Å². The molecule has 1 aromatic heterocycles. The minimum Gasteiger partial charge on any atom is -0.309 e. The Balaban J connectivity index is 2.17. The highest BCUT2D eigenvalue weighted by molar-refractivity contribution is 9.10. The maximum atomic E-state index is 4.53. The summed E-state index contributed by atoms with van der Waals surface area (Å²) in [4.78, 5) is 2.20. The number of likely N-dealkylation sites (N-methyl/N-ethyl adjacent to an activating group) is 1. The lowest BCUT2D eigenvalue weighted by Gasteiger charge is -2.21. The first-order valence-electron chi connectivity index (χ1n) is 7.13. The zero-order valence-corrected chi connectivity index (χ0v) is 13.9. The first kappa shape index (κ1) is 15.0. The molecule has 0 amide bonds. The Hall–Kier alpha value is -0.390.